The SMILES string of the molecule is CNS(=O)(=O)c1cccc(C(=O)N2CCC(C(=O)OC)CC2)c1. The van der Waals surface area contributed by atoms with Crippen LogP contribution in [0.4, 0.5) is 0 Å². The molecular formula is C15H20N2O5S. The van der Waals surface area contributed by atoms with E-state index in [2.05, 4.69) is 4.72 Å². The summed E-state index contributed by atoms with van der Waals surface area (Å²) in [6.45, 7) is 0.892. The molecule has 0 saturated carbocycles. The first-order chi connectivity index (χ1) is 10.9. The molecule has 8 heteroatoms. The fourth-order valence-corrected chi connectivity index (χ4v) is 3.36. The van der Waals surface area contributed by atoms with Gasteiger partial charge in [-0.1, -0.05) is 6.07 Å². The van der Waals surface area contributed by atoms with Crippen molar-refractivity contribution in [2.24, 2.45) is 5.92 Å². The molecule has 126 valence electrons. The van der Waals surface area contributed by atoms with E-state index in [0.717, 1.165) is 0 Å². The zero-order chi connectivity index (χ0) is 17.0. The molecule has 0 spiro atoms. The van der Waals surface area contributed by atoms with Crippen molar-refractivity contribution < 1.29 is 22.7 Å². The molecule has 2 rings (SSSR count). The Hall–Kier alpha value is -1.93. The van der Waals surface area contributed by atoms with Crippen molar-refractivity contribution in [3.05, 3.63) is 29.8 Å². The number of nitrogens with one attached hydrogen (secondary N) is 1. The molecule has 1 aromatic rings. The maximum Gasteiger partial charge on any atom is 0.308 e. The van der Waals surface area contributed by atoms with Crippen molar-refractivity contribution in [3.8, 4) is 0 Å². The molecule has 1 fully saturated rings. The highest BCUT2D eigenvalue weighted by molar-refractivity contribution is 7.89. The number of sulfonamides is 1. The first-order valence-electron chi connectivity index (χ1n) is 7.29. The standard InChI is InChI=1S/C15H20N2O5S/c1-16-23(20,21)13-5-3-4-12(10-13)14(18)17-8-6-11(7-9-17)15(19)22-2/h3-5,10-11,16H,6-9H2,1-2H3. The average molecular weight is 340 g/mol. The summed E-state index contributed by atoms with van der Waals surface area (Å²) in [5.74, 6) is -0.666. The Balaban J connectivity index is 2.10. The summed E-state index contributed by atoms with van der Waals surface area (Å²) in [5.41, 5.74) is 0.317. The molecule has 0 aliphatic carbocycles. The Morgan fingerprint density at radius 2 is 1.91 bits per heavy atom. The van der Waals surface area contributed by atoms with E-state index in [9.17, 15) is 18.0 Å². The van der Waals surface area contributed by atoms with Crippen LogP contribution < -0.4 is 4.72 Å². The van der Waals surface area contributed by atoms with E-state index in [1.165, 1.54) is 26.3 Å². The molecular weight excluding hydrogens is 320 g/mol. The normalized spacial score (nSPS) is 16.2. The Bertz CT molecular complexity index is 694. The summed E-state index contributed by atoms with van der Waals surface area (Å²) >= 11 is 0. The minimum atomic E-state index is -3.59. The number of rotatable bonds is 4. The molecule has 0 atom stereocenters. The highest BCUT2D eigenvalue weighted by Gasteiger charge is 2.28. The quantitative estimate of drug-likeness (QED) is 0.811. The van der Waals surface area contributed by atoms with Crippen molar-refractivity contribution in [1.29, 1.82) is 0 Å². The highest BCUT2D eigenvalue weighted by atomic mass is 32.2. The van der Waals surface area contributed by atoms with E-state index in [1.807, 2.05) is 0 Å². The average Bonchev–Trinajstić information content (AvgIpc) is 2.60. The predicted octanol–water partition coefficient (Wildman–Crippen LogP) is 0.620. The van der Waals surface area contributed by atoms with Gasteiger partial charge in [-0.2, -0.15) is 0 Å². The second-order valence-electron chi connectivity index (χ2n) is 5.33. The largest absolute Gasteiger partial charge is 0.469 e. The fraction of sp³-hybridized carbons (Fsp3) is 0.467. The summed E-state index contributed by atoms with van der Waals surface area (Å²) in [6, 6.07) is 5.93. The van der Waals surface area contributed by atoms with Crippen molar-refractivity contribution in [3.63, 3.8) is 0 Å². The van der Waals surface area contributed by atoms with Gasteiger partial charge in [-0.25, -0.2) is 13.1 Å². The van der Waals surface area contributed by atoms with Crippen LogP contribution in [0, 0.1) is 5.92 Å². The number of piperidine rings is 1. The third-order valence-corrected chi connectivity index (χ3v) is 5.39. The third kappa shape index (κ3) is 3.89. The van der Waals surface area contributed by atoms with Crippen LogP contribution in [0.2, 0.25) is 0 Å². The van der Waals surface area contributed by atoms with Gasteiger partial charge < -0.3 is 9.64 Å². The zero-order valence-electron chi connectivity index (χ0n) is 13.1. The van der Waals surface area contributed by atoms with Gasteiger partial charge in [0.1, 0.15) is 0 Å². The Morgan fingerprint density at radius 3 is 2.48 bits per heavy atom. The van der Waals surface area contributed by atoms with Gasteiger partial charge in [-0.05, 0) is 38.1 Å². The number of amides is 1. The molecule has 1 amide bonds. The van der Waals surface area contributed by atoms with E-state index in [1.54, 1.807) is 17.0 Å². The fourth-order valence-electron chi connectivity index (χ4n) is 2.58. The smallest absolute Gasteiger partial charge is 0.308 e. The third-order valence-electron chi connectivity index (χ3n) is 3.98. The van der Waals surface area contributed by atoms with E-state index in [4.69, 9.17) is 4.74 Å². The van der Waals surface area contributed by atoms with Gasteiger partial charge in [0.15, 0.2) is 0 Å². The molecule has 1 heterocycles. The second-order valence-corrected chi connectivity index (χ2v) is 7.21. The van der Waals surface area contributed by atoms with Gasteiger partial charge in [0, 0.05) is 18.7 Å². The highest BCUT2D eigenvalue weighted by Crippen LogP contribution is 2.21. The Labute approximate surface area is 135 Å². The van der Waals surface area contributed by atoms with Crippen molar-refractivity contribution >= 4 is 21.9 Å². The van der Waals surface area contributed by atoms with Crippen molar-refractivity contribution in [2.45, 2.75) is 17.7 Å². The van der Waals surface area contributed by atoms with E-state index >= 15 is 0 Å². The molecule has 1 aromatic carbocycles. The predicted molar refractivity (Wildman–Crippen MR) is 83.3 cm³/mol. The van der Waals surface area contributed by atoms with Crippen LogP contribution in [0.3, 0.4) is 0 Å². The minimum Gasteiger partial charge on any atom is -0.469 e. The Kier molecular flexibility index (Phi) is 5.38. The first kappa shape index (κ1) is 17.4. The monoisotopic (exact) mass is 340 g/mol. The van der Waals surface area contributed by atoms with Crippen LogP contribution in [0.1, 0.15) is 23.2 Å². The lowest BCUT2D eigenvalue weighted by Crippen LogP contribution is -2.40. The van der Waals surface area contributed by atoms with E-state index in [-0.39, 0.29) is 22.7 Å². The number of likely N-dealkylation sites (tertiary alicyclic amines) is 1. The van der Waals surface area contributed by atoms with E-state index < -0.39 is 10.0 Å². The zero-order valence-corrected chi connectivity index (χ0v) is 13.9. The number of methoxy groups -OCH3 is 1. The van der Waals surface area contributed by atoms with Gasteiger partial charge in [-0.3, -0.25) is 9.59 Å². The van der Waals surface area contributed by atoms with Crippen LogP contribution in [-0.2, 0) is 19.6 Å². The van der Waals surface area contributed by atoms with Gasteiger partial charge in [-0.15, -0.1) is 0 Å². The van der Waals surface area contributed by atoms with Gasteiger partial charge >= 0.3 is 5.97 Å². The molecule has 0 unspecified atom stereocenters. The number of benzene rings is 1. The lowest BCUT2D eigenvalue weighted by Gasteiger charge is -2.30. The van der Waals surface area contributed by atoms with Gasteiger partial charge in [0.05, 0.1) is 17.9 Å². The summed E-state index contributed by atoms with van der Waals surface area (Å²) in [4.78, 5) is 25.7. The first-order valence-corrected chi connectivity index (χ1v) is 8.78. The van der Waals surface area contributed by atoms with Crippen LogP contribution in [0.25, 0.3) is 0 Å². The van der Waals surface area contributed by atoms with Gasteiger partial charge in [0.25, 0.3) is 5.91 Å². The molecule has 0 bridgehead atoms. The number of ether oxygens (including phenoxy) is 1. The van der Waals surface area contributed by atoms with E-state index in [0.29, 0.717) is 31.5 Å². The summed E-state index contributed by atoms with van der Waals surface area (Å²) in [7, 11) is -0.915. The second kappa shape index (κ2) is 7.10. The lowest BCUT2D eigenvalue weighted by molar-refractivity contribution is -0.146. The summed E-state index contributed by atoms with van der Waals surface area (Å²) in [6.07, 6.45) is 1.10. The van der Waals surface area contributed by atoms with Crippen LogP contribution in [0.15, 0.2) is 29.2 Å². The minimum absolute atomic E-state index is 0.0512. The number of carbonyl (C=O) groups is 2. The van der Waals surface area contributed by atoms with Crippen LogP contribution in [-0.4, -0.2) is 52.4 Å². The number of esters is 1. The molecule has 1 aliphatic heterocycles. The molecule has 0 aromatic heterocycles. The Morgan fingerprint density at radius 1 is 1.26 bits per heavy atom. The number of hydrogen-bond donors (Lipinski definition) is 1. The topological polar surface area (TPSA) is 92.8 Å². The maximum atomic E-state index is 12.5. The van der Waals surface area contributed by atoms with Gasteiger partial charge in [0.2, 0.25) is 10.0 Å². The summed E-state index contributed by atoms with van der Waals surface area (Å²) in [5, 5.41) is 0. The number of nitrogens with zero attached hydrogens (tertiary/aromatic N) is 1. The maximum absolute atomic E-state index is 12.5. The molecule has 1 aliphatic rings. The van der Waals surface area contributed by atoms with Crippen molar-refractivity contribution in [2.75, 3.05) is 27.2 Å². The van der Waals surface area contributed by atoms with Crippen LogP contribution >= 0.6 is 0 Å². The number of carbonyl (C=O) groups excluding carboxylic acids is 2. The number of hydrogen-bond acceptors (Lipinski definition) is 5. The van der Waals surface area contributed by atoms with Crippen molar-refractivity contribution in [1.82, 2.24) is 9.62 Å². The van der Waals surface area contributed by atoms with Crippen LogP contribution in [0.5, 0.6) is 0 Å². The molecule has 23 heavy (non-hydrogen) atoms. The molecule has 7 nitrogen and oxygen atoms in total. The summed E-state index contributed by atoms with van der Waals surface area (Å²) < 4.78 is 30.6. The molecule has 0 radical (unpaired) electrons. The molecule has 1 saturated heterocycles. The lowest BCUT2D eigenvalue weighted by atomic mass is 9.96. The molecule has 1 N–H and O–H groups in total.